The molecule has 0 saturated carbocycles. The summed E-state index contributed by atoms with van der Waals surface area (Å²) in [5.74, 6) is -3.30. The Morgan fingerprint density at radius 1 is 0.667 bits per heavy atom. The fourth-order valence-corrected chi connectivity index (χ4v) is 4.87. The topological polar surface area (TPSA) is 126 Å². The molecule has 3 aromatic carbocycles. The van der Waals surface area contributed by atoms with E-state index in [2.05, 4.69) is 10.2 Å². The molecule has 16 heteroatoms. The second kappa shape index (κ2) is 11.5. The molecule has 0 spiro atoms. The number of rotatable bonds is 7. The summed E-state index contributed by atoms with van der Waals surface area (Å²) in [4.78, 5) is 53.5. The molecule has 0 radical (unpaired) electrons. The molecule has 1 aliphatic rings. The summed E-state index contributed by atoms with van der Waals surface area (Å²) in [6.07, 6.45) is -10.4. The molecule has 0 fully saturated rings. The third-order valence-electron chi connectivity index (χ3n) is 6.72. The van der Waals surface area contributed by atoms with Crippen LogP contribution in [-0.2, 0) is 13.1 Å². The van der Waals surface area contributed by atoms with Crippen molar-refractivity contribution in [2.24, 2.45) is 10.2 Å². The van der Waals surface area contributed by atoms with Crippen LogP contribution < -0.4 is 11.2 Å². The van der Waals surface area contributed by atoms with Crippen molar-refractivity contribution in [3.05, 3.63) is 122 Å². The third-order valence-corrected chi connectivity index (χ3v) is 6.72. The number of fused-ring (bicyclic) bond motifs is 1. The lowest BCUT2D eigenvalue weighted by molar-refractivity contribution is -0.145. The quantitative estimate of drug-likeness (QED) is 0.161. The Morgan fingerprint density at radius 2 is 1.20 bits per heavy atom. The number of carbonyl (C=O) groups is 2. The first kappa shape index (κ1) is 30.9. The minimum absolute atomic E-state index is 0.144. The summed E-state index contributed by atoms with van der Waals surface area (Å²) < 4.78 is 77.6. The van der Waals surface area contributed by atoms with E-state index in [1.807, 2.05) is 0 Å². The number of hydrogen-bond acceptors (Lipinski definition) is 7. The number of benzene rings is 3. The lowest BCUT2D eigenvalue weighted by atomic mass is 9.97. The number of amides is 2. The minimum Gasteiger partial charge on any atom is -0.493 e. The minimum atomic E-state index is -5.21. The zero-order valence-corrected chi connectivity index (χ0v) is 22.6. The molecule has 232 valence electrons. The number of imide groups is 1. The van der Waals surface area contributed by atoms with Crippen molar-refractivity contribution in [1.29, 1.82) is 0 Å². The summed E-state index contributed by atoms with van der Waals surface area (Å²) >= 11 is 0. The van der Waals surface area contributed by atoms with Gasteiger partial charge in [0, 0.05) is 0 Å². The van der Waals surface area contributed by atoms with Crippen molar-refractivity contribution >= 4 is 23.2 Å². The van der Waals surface area contributed by atoms with Crippen LogP contribution in [0.2, 0.25) is 0 Å². The van der Waals surface area contributed by atoms with E-state index in [-0.39, 0.29) is 16.8 Å². The van der Waals surface area contributed by atoms with E-state index in [1.165, 1.54) is 12.1 Å². The normalized spacial score (nSPS) is 13.7. The van der Waals surface area contributed by atoms with Gasteiger partial charge < -0.3 is 5.11 Å². The van der Waals surface area contributed by atoms with E-state index in [1.54, 1.807) is 60.7 Å². The number of aromatic hydroxyl groups is 1. The van der Waals surface area contributed by atoms with Crippen LogP contribution in [0.4, 0.5) is 37.7 Å². The smallest absolute Gasteiger partial charge is 0.406 e. The SMILES string of the molecule is O=C1c2cccc(N=Nc3c(O)n(CC(F)(F)F)c(=O)n(CC(F)(F)F)c3=O)c2C(=O)N1C(c1ccccc1)c1ccccc1. The number of halogens is 6. The van der Waals surface area contributed by atoms with Crippen LogP contribution >= 0.6 is 0 Å². The number of nitrogens with zero attached hydrogens (tertiary/aromatic N) is 5. The van der Waals surface area contributed by atoms with Crippen molar-refractivity contribution in [3.8, 4) is 5.88 Å². The number of alkyl halides is 6. The molecule has 0 bridgehead atoms. The van der Waals surface area contributed by atoms with Crippen molar-refractivity contribution in [1.82, 2.24) is 14.0 Å². The van der Waals surface area contributed by atoms with Gasteiger partial charge in [-0.05, 0) is 23.3 Å². The van der Waals surface area contributed by atoms with Gasteiger partial charge in [0.05, 0.1) is 22.9 Å². The molecule has 0 atom stereocenters. The standard InChI is InChI=1S/C29H19F6N5O5/c30-28(31,32)14-38-25(43)21(26(44)39(27(38)45)15-29(33,34)35)37-36-19-13-7-12-18-20(19)24(42)40(23(18)41)22(16-8-3-1-4-9-16)17-10-5-2-6-11-17/h1-13,22,43H,14-15H2. The van der Waals surface area contributed by atoms with Crippen molar-refractivity contribution in [3.63, 3.8) is 0 Å². The first-order valence-electron chi connectivity index (χ1n) is 12.9. The molecule has 0 aliphatic carbocycles. The van der Waals surface area contributed by atoms with Crippen LogP contribution in [0.15, 0.2) is 98.7 Å². The Morgan fingerprint density at radius 3 is 1.73 bits per heavy atom. The van der Waals surface area contributed by atoms with Gasteiger partial charge in [0.2, 0.25) is 11.6 Å². The number of aromatic nitrogens is 2. The van der Waals surface area contributed by atoms with Crippen LogP contribution in [-0.4, -0.2) is 43.3 Å². The summed E-state index contributed by atoms with van der Waals surface area (Å²) in [6, 6.07) is 20.0. The van der Waals surface area contributed by atoms with Gasteiger partial charge >= 0.3 is 18.0 Å². The average Bonchev–Trinajstić information content (AvgIpc) is 3.24. The molecule has 0 saturated heterocycles. The molecular weight excluding hydrogens is 612 g/mol. The Kier molecular flexibility index (Phi) is 7.91. The van der Waals surface area contributed by atoms with Crippen LogP contribution in [0, 0.1) is 0 Å². The highest BCUT2D eigenvalue weighted by Gasteiger charge is 2.43. The van der Waals surface area contributed by atoms with Gasteiger partial charge in [0.1, 0.15) is 13.1 Å². The van der Waals surface area contributed by atoms with Crippen molar-refractivity contribution < 1.29 is 41.0 Å². The molecule has 1 N–H and O–H groups in total. The van der Waals surface area contributed by atoms with Gasteiger partial charge in [0.25, 0.3) is 17.4 Å². The summed E-state index contributed by atoms with van der Waals surface area (Å²) in [5, 5.41) is 17.4. The van der Waals surface area contributed by atoms with E-state index < -0.39 is 75.2 Å². The Hall–Kier alpha value is -5.54. The van der Waals surface area contributed by atoms with E-state index in [0.717, 1.165) is 11.0 Å². The highest BCUT2D eigenvalue weighted by Crippen LogP contribution is 2.39. The fourth-order valence-electron chi connectivity index (χ4n) is 4.87. The highest BCUT2D eigenvalue weighted by atomic mass is 19.4. The maximum atomic E-state index is 13.8. The molecule has 5 rings (SSSR count). The maximum Gasteiger partial charge on any atom is 0.406 e. The van der Waals surface area contributed by atoms with E-state index in [9.17, 15) is 50.6 Å². The van der Waals surface area contributed by atoms with Gasteiger partial charge in [-0.3, -0.25) is 23.9 Å². The van der Waals surface area contributed by atoms with Crippen LogP contribution in [0.25, 0.3) is 0 Å². The first-order valence-corrected chi connectivity index (χ1v) is 12.9. The third kappa shape index (κ3) is 6.11. The summed E-state index contributed by atoms with van der Waals surface area (Å²) in [5.41, 5.74) is -5.11. The monoisotopic (exact) mass is 631 g/mol. The molecule has 45 heavy (non-hydrogen) atoms. The molecule has 2 heterocycles. The lowest BCUT2D eigenvalue weighted by Crippen LogP contribution is -2.44. The van der Waals surface area contributed by atoms with Gasteiger partial charge in [-0.1, -0.05) is 66.7 Å². The molecule has 10 nitrogen and oxygen atoms in total. The van der Waals surface area contributed by atoms with Gasteiger partial charge in [-0.25, -0.2) is 9.36 Å². The van der Waals surface area contributed by atoms with Crippen LogP contribution in [0.5, 0.6) is 5.88 Å². The Balaban J connectivity index is 1.62. The zero-order chi connectivity index (χ0) is 32.7. The summed E-state index contributed by atoms with van der Waals surface area (Å²) in [6.45, 7) is -4.53. The van der Waals surface area contributed by atoms with Gasteiger partial charge in [0.15, 0.2) is 0 Å². The highest BCUT2D eigenvalue weighted by molar-refractivity contribution is 6.23. The number of carbonyl (C=O) groups excluding carboxylic acids is 2. The molecule has 0 unspecified atom stereocenters. The molecular formula is C29H19F6N5O5. The molecule has 1 aromatic heterocycles. The zero-order valence-electron chi connectivity index (χ0n) is 22.6. The number of azo groups is 1. The van der Waals surface area contributed by atoms with E-state index in [0.29, 0.717) is 11.1 Å². The number of hydrogen-bond donors (Lipinski definition) is 1. The van der Waals surface area contributed by atoms with Gasteiger partial charge in [-0.2, -0.15) is 26.3 Å². The van der Waals surface area contributed by atoms with Crippen molar-refractivity contribution in [2.45, 2.75) is 31.5 Å². The van der Waals surface area contributed by atoms with Gasteiger partial charge in [-0.15, -0.1) is 10.2 Å². The van der Waals surface area contributed by atoms with E-state index >= 15 is 0 Å². The Labute approximate surface area is 248 Å². The first-order chi connectivity index (χ1) is 21.2. The maximum absolute atomic E-state index is 13.8. The summed E-state index contributed by atoms with van der Waals surface area (Å²) in [7, 11) is 0. The Bertz CT molecular complexity index is 1900. The molecule has 4 aromatic rings. The van der Waals surface area contributed by atoms with Crippen LogP contribution in [0.1, 0.15) is 37.9 Å². The largest absolute Gasteiger partial charge is 0.493 e. The second-order valence-corrected chi connectivity index (χ2v) is 9.77. The fraction of sp³-hybridized carbons (Fsp3) is 0.172. The molecule has 1 aliphatic heterocycles. The predicted molar refractivity (Wildman–Crippen MR) is 145 cm³/mol. The van der Waals surface area contributed by atoms with Crippen molar-refractivity contribution in [2.75, 3.05) is 0 Å². The average molecular weight is 631 g/mol. The second-order valence-electron chi connectivity index (χ2n) is 9.77. The van der Waals surface area contributed by atoms with E-state index in [4.69, 9.17) is 0 Å². The molecule has 2 amide bonds. The predicted octanol–water partition coefficient (Wildman–Crippen LogP) is 5.64. The van der Waals surface area contributed by atoms with Crippen LogP contribution in [0.3, 0.4) is 0 Å². The lowest BCUT2D eigenvalue weighted by Gasteiger charge is -2.27.